The summed E-state index contributed by atoms with van der Waals surface area (Å²) < 4.78 is 1.91. The van der Waals surface area contributed by atoms with Gasteiger partial charge in [0.1, 0.15) is 0 Å². The maximum Gasteiger partial charge on any atom is 0.317 e. The largest absolute Gasteiger partial charge is 0.335 e. The van der Waals surface area contributed by atoms with E-state index < -0.39 is 0 Å². The molecule has 1 fully saturated rings. The standard InChI is InChI=1S/C17H31N5O/c1-12(10-16-13(2)19-21(6)14(16)3)18-17(23)22-9-7-8-15(11-22)20(4)5/h12,15H,7-11H2,1-6H3,(H,18,23)/t12-,15+/m0/s1. The van der Waals surface area contributed by atoms with E-state index in [2.05, 4.69) is 43.3 Å². The smallest absolute Gasteiger partial charge is 0.317 e. The highest BCUT2D eigenvalue weighted by atomic mass is 16.2. The van der Waals surface area contributed by atoms with Gasteiger partial charge in [0.15, 0.2) is 0 Å². The molecule has 6 heteroatoms. The number of rotatable bonds is 4. The minimum atomic E-state index is 0.0586. The molecule has 6 nitrogen and oxygen atoms in total. The first-order chi connectivity index (χ1) is 10.8. The van der Waals surface area contributed by atoms with Crippen LogP contribution < -0.4 is 5.32 Å². The van der Waals surface area contributed by atoms with Crippen molar-refractivity contribution >= 4 is 6.03 Å². The van der Waals surface area contributed by atoms with E-state index >= 15 is 0 Å². The SMILES string of the molecule is Cc1nn(C)c(C)c1C[C@H](C)NC(=O)N1CCC[C@@H](N(C)C)C1. The third-order valence-electron chi connectivity index (χ3n) is 4.95. The summed E-state index contributed by atoms with van der Waals surface area (Å²) in [5.74, 6) is 0. The number of aryl methyl sites for hydroxylation is 2. The average molecular weight is 321 g/mol. The second kappa shape index (κ2) is 7.34. The van der Waals surface area contributed by atoms with Crippen LogP contribution in [0, 0.1) is 13.8 Å². The summed E-state index contributed by atoms with van der Waals surface area (Å²) in [4.78, 5) is 16.7. The number of carbonyl (C=O) groups excluding carboxylic acids is 1. The summed E-state index contributed by atoms with van der Waals surface area (Å²) in [6.07, 6.45) is 3.06. The molecule has 0 saturated carbocycles. The van der Waals surface area contributed by atoms with Crippen molar-refractivity contribution in [2.45, 2.75) is 52.1 Å². The Morgan fingerprint density at radius 1 is 1.43 bits per heavy atom. The molecule has 2 heterocycles. The highest BCUT2D eigenvalue weighted by Crippen LogP contribution is 2.16. The lowest BCUT2D eigenvalue weighted by atomic mass is 10.0. The van der Waals surface area contributed by atoms with Crippen molar-refractivity contribution in [1.82, 2.24) is 24.9 Å². The molecule has 1 aromatic heterocycles. The molecule has 0 spiro atoms. The van der Waals surface area contributed by atoms with Crippen LogP contribution in [0.25, 0.3) is 0 Å². The van der Waals surface area contributed by atoms with Crippen molar-refractivity contribution in [2.24, 2.45) is 7.05 Å². The maximum atomic E-state index is 12.5. The molecule has 0 unspecified atom stereocenters. The Kier molecular flexibility index (Phi) is 5.68. The van der Waals surface area contributed by atoms with Crippen molar-refractivity contribution in [2.75, 3.05) is 27.2 Å². The number of piperidine rings is 1. The monoisotopic (exact) mass is 321 g/mol. The Hall–Kier alpha value is -1.56. The van der Waals surface area contributed by atoms with Crippen molar-refractivity contribution in [3.8, 4) is 0 Å². The van der Waals surface area contributed by atoms with E-state index in [4.69, 9.17) is 0 Å². The fourth-order valence-electron chi connectivity index (χ4n) is 3.33. The summed E-state index contributed by atoms with van der Waals surface area (Å²) >= 11 is 0. The number of nitrogens with one attached hydrogen (secondary N) is 1. The predicted molar refractivity (Wildman–Crippen MR) is 92.7 cm³/mol. The van der Waals surface area contributed by atoms with E-state index in [-0.39, 0.29) is 12.1 Å². The first kappa shape index (κ1) is 17.8. The number of urea groups is 1. The Bertz CT molecular complexity index is 551. The Morgan fingerprint density at radius 2 is 2.13 bits per heavy atom. The van der Waals surface area contributed by atoms with Crippen LogP contribution in [0.4, 0.5) is 4.79 Å². The molecule has 0 bridgehead atoms. The van der Waals surface area contributed by atoms with Gasteiger partial charge in [0.25, 0.3) is 0 Å². The second-order valence-electron chi connectivity index (χ2n) is 7.03. The molecule has 1 N–H and O–H groups in total. The van der Waals surface area contributed by atoms with E-state index in [0.717, 1.165) is 31.6 Å². The van der Waals surface area contributed by atoms with Crippen molar-refractivity contribution < 1.29 is 4.79 Å². The molecule has 1 aromatic rings. The first-order valence-electron chi connectivity index (χ1n) is 8.50. The Balaban J connectivity index is 1.92. The molecule has 2 rings (SSSR count). The van der Waals surface area contributed by atoms with Gasteiger partial charge in [0.2, 0.25) is 0 Å². The van der Waals surface area contributed by atoms with Crippen LogP contribution >= 0.6 is 0 Å². The molecule has 23 heavy (non-hydrogen) atoms. The second-order valence-corrected chi connectivity index (χ2v) is 7.03. The molecule has 1 aliphatic heterocycles. The number of likely N-dealkylation sites (N-methyl/N-ethyl adjacent to an activating group) is 1. The zero-order valence-corrected chi connectivity index (χ0v) is 15.4. The molecule has 1 aliphatic rings. The number of likely N-dealkylation sites (tertiary alicyclic amines) is 1. The highest BCUT2D eigenvalue weighted by molar-refractivity contribution is 5.74. The quantitative estimate of drug-likeness (QED) is 0.918. The molecule has 0 aromatic carbocycles. The number of hydrogen-bond donors (Lipinski definition) is 1. The highest BCUT2D eigenvalue weighted by Gasteiger charge is 2.25. The summed E-state index contributed by atoms with van der Waals surface area (Å²) in [6, 6.07) is 0.625. The number of carbonyl (C=O) groups is 1. The lowest BCUT2D eigenvalue weighted by Gasteiger charge is -2.36. The summed E-state index contributed by atoms with van der Waals surface area (Å²) in [7, 11) is 6.13. The Morgan fingerprint density at radius 3 is 2.70 bits per heavy atom. The molecule has 0 radical (unpaired) electrons. The van der Waals surface area contributed by atoms with Crippen molar-refractivity contribution in [3.05, 3.63) is 17.0 Å². The maximum absolute atomic E-state index is 12.5. The van der Waals surface area contributed by atoms with E-state index in [1.54, 1.807) is 0 Å². The topological polar surface area (TPSA) is 53.4 Å². The number of amides is 2. The van der Waals surface area contributed by atoms with E-state index in [1.165, 1.54) is 17.7 Å². The van der Waals surface area contributed by atoms with E-state index in [1.807, 2.05) is 23.6 Å². The summed E-state index contributed by atoms with van der Waals surface area (Å²) in [6.45, 7) is 7.85. The van der Waals surface area contributed by atoms with Crippen LogP contribution in [-0.2, 0) is 13.5 Å². The van der Waals surface area contributed by atoms with Gasteiger partial charge in [-0.05, 0) is 59.7 Å². The predicted octanol–water partition coefficient (Wildman–Crippen LogP) is 1.70. The molecular weight excluding hydrogens is 290 g/mol. The van der Waals surface area contributed by atoms with E-state index in [9.17, 15) is 4.79 Å². The third-order valence-corrected chi connectivity index (χ3v) is 4.95. The molecule has 2 amide bonds. The zero-order chi connectivity index (χ0) is 17.1. The van der Waals surface area contributed by atoms with Crippen molar-refractivity contribution in [1.29, 1.82) is 0 Å². The molecule has 130 valence electrons. The van der Waals surface area contributed by atoms with Crippen LogP contribution in [-0.4, -0.2) is 64.9 Å². The fourth-order valence-corrected chi connectivity index (χ4v) is 3.33. The van der Waals surface area contributed by atoms with Gasteiger partial charge in [-0.25, -0.2) is 4.79 Å². The average Bonchev–Trinajstić information content (AvgIpc) is 2.73. The van der Waals surface area contributed by atoms with Gasteiger partial charge in [0, 0.05) is 37.9 Å². The number of hydrogen-bond acceptors (Lipinski definition) is 3. The summed E-state index contributed by atoms with van der Waals surface area (Å²) in [5.41, 5.74) is 3.47. The molecule has 0 aliphatic carbocycles. The van der Waals surface area contributed by atoms with Gasteiger partial charge in [-0.1, -0.05) is 0 Å². The van der Waals surface area contributed by atoms with Gasteiger partial charge in [-0.2, -0.15) is 5.10 Å². The van der Waals surface area contributed by atoms with Crippen LogP contribution in [0.5, 0.6) is 0 Å². The van der Waals surface area contributed by atoms with Gasteiger partial charge >= 0.3 is 6.03 Å². The minimum absolute atomic E-state index is 0.0586. The molecular formula is C17H31N5O. The van der Waals surface area contributed by atoms with Crippen LogP contribution in [0.1, 0.15) is 36.7 Å². The first-order valence-corrected chi connectivity index (χ1v) is 8.50. The van der Waals surface area contributed by atoms with Gasteiger partial charge in [-0.3, -0.25) is 4.68 Å². The third kappa shape index (κ3) is 4.25. The molecule has 2 atom stereocenters. The lowest BCUT2D eigenvalue weighted by molar-refractivity contribution is 0.138. The van der Waals surface area contributed by atoms with E-state index in [0.29, 0.717) is 6.04 Å². The van der Waals surface area contributed by atoms with Crippen LogP contribution in [0.15, 0.2) is 0 Å². The van der Waals surface area contributed by atoms with Gasteiger partial charge < -0.3 is 15.1 Å². The zero-order valence-electron chi connectivity index (χ0n) is 15.4. The molecule has 1 saturated heterocycles. The number of aromatic nitrogens is 2. The van der Waals surface area contributed by atoms with Crippen LogP contribution in [0.3, 0.4) is 0 Å². The Labute approximate surface area is 139 Å². The summed E-state index contributed by atoms with van der Waals surface area (Å²) in [5, 5.41) is 7.60. The lowest BCUT2D eigenvalue weighted by Crippen LogP contribution is -2.52. The normalized spacial score (nSPS) is 20.0. The number of nitrogens with zero attached hydrogens (tertiary/aromatic N) is 4. The van der Waals surface area contributed by atoms with Gasteiger partial charge in [-0.15, -0.1) is 0 Å². The van der Waals surface area contributed by atoms with Crippen molar-refractivity contribution in [3.63, 3.8) is 0 Å². The fraction of sp³-hybridized carbons (Fsp3) is 0.765. The minimum Gasteiger partial charge on any atom is -0.335 e. The van der Waals surface area contributed by atoms with Crippen LogP contribution in [0.2, 0.25) is 0 Å². The van der Waals surface area contributed by atoms with Gasteiger partial charge in [0.05, 0.1) is 5.69 Å².